The van der Waals surface area contributed by atoms with E-state index in [-0.39, 0.29) is 11.7 Å². The summed E-state index contributed by atoms with van der Waals surface area (Å²) in [7, 11) is 0. The fourth-order valence-electron chi connectivity index (χ4n) is 2.84. The summed E-state index contributed by atoms with van der Waals surface area (Å²) in [6.07, 6.45) is 3.09. The molecule has 0 spiro atoms. The Morgan fingerprint density at radius 2 is 2.04 bits per heavy atom. The number of aromatic nitrogens is 2. The lowest BCUT2D eigenvalue weighted by Crippen LogP contribution is -2.38. The number of nitrogens with zero attached hydrogens (tertiary/aromatic N) is 3. The van der Waals surface area contributed by atoms with E-state index in [0.29, 0.717) is 33.7 Å². The van der Waals surface area contributed by atoms with Crippen LogP contribution in [0.5, 0.6) is 0 Å². The highest BCUT2D eigenvalue weighted by Crippen LogP contribution is 2.33. The fraction of sp³-hybridized carbons (Fsp3) is 0.263. The van der Waals surface area contributed by atoms with Crippen molar-refractivity contribution in [3.8, 4) is 11.5 Å². The molecule has 9 heteroatoms. The Kier molecular flexibility index (Phi) is 5.84. The smallest absolute Gasteiger partial charge is 0.240 e. The standard InChI is InChI=1S/C19H18N4O3S2/c24-15(12-23-7-10-27-11-8-23)21-19-22-16(14-5-3-9-26-14)18(28-19)17(25)13-4-1-2-6-20-13/h1-6,9H,7-8,10-12H2,(H,21,22,24). The Bertz CT molecular complexity index is 951. The van der Waals surface area contributed by atoms with Crippen LogP contribution >= 0.6 is 23.1 Å². The van der Waals surface area contributed by atoms with Gasteiger partial charge in [-0.3, -0.25) is 19.5 Å². The first-order valence-electron chi connectivity index (χ1n) is 8.81. The number of carbonyl (C=O) groups is 2. The minimum Gasteiger partial charge on any atom is -0.463 e. The number of rotatable bonds is 6. The van der Waals surface area contributed by atoms with E-state index in [1.807, 2.05) is 11.8 Å². The van der Waals surface area contributed by atoms with E-state index in [4.69, 9.17) is 4.42 Å². The van der Waals surface area contributed by atoms with Gasteiger partial charge in [0.1, 0.15) is 16.3 Å². The van der Waals surface area contributed by atoms with Crippen molar-refractivity contribution in [3.63, 3.8) is 0 Å². The van der Waals surface area contributed by atoms with Gasteiger partial charge in [0.05, 0.1) is 12.8 Å². The Balaban J connectivity index is 1.57. The molecule has 1 aliphatic heterocycles. The Morgan fingerprint density at radius 1 is 1.18 bits per heavy atom. The lowest BCUT2D eigenvalue weighted by molar-refractivity contribution is -0.117. The molecule has 0 aliphatic carbocycles. The third-order valence-electron chi connectivity index (χ3n) is 4.20. The van der Waals surface area contributed by atoms with Crippen LogP contribution in [0.2, 0.25) is 0 Å². The fourth-order valence-corrected chi connectivity index (χ4v) is 4.76. The van der Waals surface area contributed by atoms with Crippen LogP contribution in [-0.2, 0) is 4.79 Å². The van der Waals surface area contributed by atoms with Gasteiger partial charge >= 0.3 is 0 Å². The second-order valence-corrected chi connectivity index (χ2v) is 8.38. The number of pyridine rings is 1. The molecule has 1 amide bonds. The number of ketones is 1. The highest BCUT2D eigenvalue weighted by atomic mass is 32.2. The molecule has 3 aromatic rings. The van der Waals surface area contributed by atoms with Crippen molar-refractivity contribution >= 4 is 39.9 Å². The zero-order valence-electron chi connectivity index (χ0n) is 15.0. The molecule has 28 heavy (non-hydrogen) atoms. The quantitative estimate of drug-likeness (QED) is 0.620. The Labute approximate surface area is 170 Å². The maximum Gasteiger partial charge on any atom is 0.240 e. The predicted molar refractivity (Wildman–Crippen MR) is 110 cm³/mol. The summed E-state index contributed by atoms with van der Waals surface area (Å²) in [6, 6.07) is 8.63. The highest BCUT2D eigenvalue weighted by Gasteiger charge is 2.24. The maximum atomic E-state index is 12.9. The third kappa shape index (κ3) is 4.32. The van der Waals surface area contributed by atoms with Crippen LogP contribution < -0.4 is 5.32 Å². The molecule has 1 fully saturated rings. The molecular weight excluding hydrogens is 396 g/mol. The lowest BCUT2D eigenvalue weighted by Gasteiger charge is -2.25. The van der Waals surface area contributed by atoms with E-state index in [0.717, 1.165) is 35.9 Å². The van der Waals surface area contributed by atoms with Gasteiger partial charge in [-0.15, -0.1) is 0 Å². The minimum absolute atomic E-state index is 0.136. The van der Waals surface area contributed by atoms with Crippen molar-refractivity contribution in [3.05, 3.63) is 53.4 Å². The van der Waals surface area contributed by atoms with E-state index in [2.05, 4.69) is 20.2 Å². The van der Waals surface area contributed by atoms with Crippen LogP contribution in [0, 0.1) is 0 Å². The molecule has 7 nitrogen and oxygen atoms in total. The number of hydrogen-bond donors (Lipinski definition) is 1. The van der Waals surface area contributed by atoms with Gasteiger partial charge in [0.25, 0.3) is 0 Å². The summed E-state index contributed by atoms with van der Waals surface area (Å²) in [5.74, 6) is 2.16. The summed E-state index contributed by atoms with van der Waals surface area (Å²) in [4.78, 5) is 36.4. The average Bonchev–Trinajstić information content (AvgIpc) is 3.38. The first-order chi connectivity index (χ1) is 13.7. The van der Waals surface area contributed by atoms with E-state index in [9.17, 15) is 9.59 Å². The number of anilines is 1. The van der Waals surface area contributed by atoms with Gasteiger partial charge in [-0.2, -0.15) is 11.8 Å². The lowest BCUT2D eigenvalue weighted by atomic mass is 10.1. The number of hydrogen-bond acceptors (Lipinski definition) is 8. The Hall–Kier alpha value is -2.49. The monoisotopic (exact) mass is 414 g/mol. The number of carbonyl (C=O) groups excluding carboxylic acids is 2. The van der Waals surface area contributed by atoms with Crippen LogP contribution in [0.1, 0.15) is 15.4 Å². The Morgan fingerprint density at radius 3 is 2.75 bits per heavy atom. The molecule has 1 aliphatic rings. The average molecular weight is 415 g/mol. The van der Waals surface area contributed by atoms with Gasteiger partial charge in [-0.25, -0.2) is 4.98 Å². The zero-order valence-corrected chi connectivity index (χ0v) is 16.6. The van der Waals surface area contributed by atoms with Gasteiger partial charge < -0.3 is 9.73 Å². The van der Waals surface area contributed by atoms with Crippen LogP contribution in [0.4, 0.5) is 5.13 Å². The molecule has 0 aromatic carbocycles. The molecule has 1 saturated heterocycles. The van der Waals surface area contributed by atoms with Gasteiger partial charge in [-0.05, 0) is 24.3 Å². The molecule has 0 atom stereocenters. The van der Waals surface area contributed by atoms with Crippen LogP contribution in [-0.4, -0.2) is 57.7 Å². The van der Waals surface area contributed by atoms with Crippen LogP contribution in [0.3, 0.4) is 0 Å². The third-order valence-corrected chi connectivity index (χ3v) is 6.11. The first kappa shape index (κ1) is 18.9. The topological polar surface area (TPSA) is 88.3 Å². The van der Waals surface area contributed by atoms with Gasteiger partial charge in [0, 0.05) is 30.8 Å². The van der Waals surface area contributed by atoms with E-state index in [1.54, 1.807) is 36.5 Å². The molecule has 4 heterocycles. The predicted octanol–water partition coefficient (Wildman–Crippen LogP) is 3.02. The van der Waals surface area contributed by atoms with Crippen molar-refractivity contribution < 1.29 is 14.0 Å². The van der Waals surface area contributed by atoms with Gasteiger partial charge in [0.2, 0.25) is 11.7 Å². The van der Waals surface area contributed by atoms with Crippen LogP contribution in [0.25, 0.3) is 11.5 Å². The van der Waals surface area contributed by atoms with E-state index < -0.39 is 0 Å². The highest BCUT2D eigenvalue weighted by molar-refractivity contribution is 7.99. The van der Waals surface area contributed by atoms with Crippen molar-refractivity contribution in [2.75, 3.05) is 36.5 Å². The number of amides is 1. The largest absolute Gasteiger partial charge is 0.463 e. The normalized spacial score (nSPS) is 14.7. The van der Waals surface area contributed by atoms with Crippen molar-refractivity contribution in [2.24, 2.45) is 0 Å². The molecular formula is C19H18N4O3S2. The number of nitrogens with one attached hydrogen (secondary N) is 1. The van der Waals surface area contributed by atoms with Crippen molar-refractivity contribution in [1.82, 2.24) is 14.9 Å². The molecule has 0 unspecified atom stereocenters. The van der Waals surface area contributed by atoms with Crippen molar-refractivity contribution in [2.45, 2.75) is 0 Å². The summed E-state index contributed by atoms with van der Waals surface area (Å²) < 4.78 is 5.43. The van der Waals surface area contributed by atoms with Crippen LogP contribution in [0.15, 0.2) is 47.2 Å². The summed E-state index contributed by atoms with van der Waals surface area (Å²) in [5, 5.41) is 3.20. The minimum atomic E-state index is -0.252. The second kappa shape index (κ2) is 8.68. The molecule has 0 radical (unpaired) electrons. The molecule has 3 aromatic heterocycles. The van der Waals surface area contributed by atoms with E-state index >= 15 is 0 Å². The number of thiazole rings is 1. The SMILES string of the molecule is O=C(CN1CCSCC1)Nc1nc(-c2ccco2)c(C(=O)c2ccccn2)s1. The summed E-state index contributed by atoms with van der Waals surface area (Å²) in [5.41, 5.74) is 0.734. The van der Waals surface area contributed by atoms with Gasteiger partial charge in [-0.1, -0.05) is 17.4 Å². The van der Waals surface area contributed by atoms with Gasteiger partial charge in [0.15, 0.2) is 10.9 Å². The molecule has 4 rings (SSSR count). The first-order valence-corrected chi connectivity index (χ1v) is 10.8. The summed E-state index contributed by atoms with van der Waals surface area (Å²) in [6.45, 7) is 2.12. The molecule has 0 saturated carbocycles. The molecule has 0 bridgehead atoms. The second-order valence-electron chi connectivity index (χ2n) is 6.15. The zero-order chi connectivity index (χ0) is 19.3. The number of furan rings is 1. The molecule has 1 N–H and O–H groups in total. The summed E-state index contributed by atoms with van der Waals surface area (Å²) >= 11 is 3.03. The maximum absolute atomic E-state index is 12.9. The van der Waals surface area contributed by atoms with Crippen molar-refractivity contribution in [1.29, 1.82) is 0 Å². The number of thioether (sulfide) groups is 1. The van der Waals surface area contributed by atoms with E-state index in [1.165, 1.54) is 6.26 Å². The molecule has 144 valence electrons.